The van der Waals surface area contributed by atoms with Crippen LogP contribution >= 0.6 is 15.9 Å². The summed E-state index contributed by atoms with van der Waals surface area (Å²) in [6.07, 6.45) is 1.38. The number of carboxylic acids is 1. The molecule has 0 radical (unpaired) electrons. The second-order valence-electron chi connectivity index (χ2n) is 3.44. The van der Waals surface area contributed by atoms with Gasteiger partial charge in [0.1, 0.15) is 0 Å². The molecule has 0 saturated carbocycles. The fraction of sp³-hybridized carbons (Fsp3) is 0.0833. The molecule has 5 heteroatoms. The lowest BCUT2D eigenvalue weighted by atomic mass is 10.2. The highest BCUT2D eigenvalue weighted by Crippen LogP contribution is 2.16. The molecule has 17 heavy (non-hydrogen) atoms. The van der Waals surface area contributed by atoms with Gasteiger partial charge in [0.25, 0.3) is 0 Å². The van der Waals surface area contributed by atoms with Gasteiger partial charge in [-0.05, 0) is 30.3 Å². The highest BCUT2D eigenvalue weighted by Gasteiger charge is 2.13. The molecule has 0 spiro atoms. The molecule has 0 unspecified atom stereocenters. The van der Waals surface area contributed by atoms with Crippen molar-refractivity contribution in [3.8, 4) is 0 Å². The number of furan rings is 1. The monoisotopic (exact) mass is 295 g/mol. The number of hydrogen-bond acceptors (Lipinski definition) is 3. The third-order valence-electron chi connectivity index (χ3n) is 2.27. The zero-order chi connectivity index (χ0) is 12.3. The summed E-state index contributed by atoms with van der Waals surface area (Å²) in [6.45, 7) is 0.416. The summed E-state index contributed by atoms with van der Waals surface area (Å²) in [5.41, 5.74) is 1.55. The Kier molecular flexibility index (Phi) is 3.49. The summed E-state index contributed by atoms with van der Waals surface area (Å²) in [5, 5.41) is 12.0. The van der Waals surface area contributed by atoms with Gasteiger partial charge in [-0.25, -0.2) is 4.79 Å². The summed E-state index contributed by atoms with van der Waals surface area (Å²) in [6, 6.07) is 9.29. The Bertz CT molecular complexity index is 519. The molecule has 0 bridgehead atoms. The Morgan fingerprint density at radius 2 is 2.00 bits per heavy atom. The average Bonchev–Trinajstić information content (AvgIpc) is 2.76. The van der Waals surface area contributed by atoms with E-state index in [9.17, 15) is 4.79 Å². The molecule has 0 aliphatic carbocycles. The largest absolute Gasteiger partial charge is 0.475 e. The summed E-state index contributed by atoms with van der Waals surface area (Å²) in [5.74, 6) is -1.07. The maximum absolute atomic E-state index is 10.8. The Morgan fingerprint density at radius 3 is 2.65 bits per heavy atom. The Labute approximate surface area is 106 Å². The predicted octanol–water partition coefficient (Wildman–Crippen LogP) is 3.35. The van der Waals surface area contributed by atoms with Crippen molar-refractivity contribution >= 4 is 27.6 Å². The van der Waals surface area contributed by atoms with Crippen LogP contribution in [0.25, 0.3) is 0 Å². The second-order valence-corrected chi connectivity index (χ2v) is 4.36. The number of benzene rings is 1. The molecule has 0 aliphatic heterocycles. The summed E-state index contributed by atoms with van der Waals surface area (Å²) < 4.78 is 5.88. The molecular formula is C12H10BrNO3. The van der Waals surface area contributed by atoms with Gasteiger partial charge in [0.15, 0.2) is 0 Å². The first-order chi connectivity index (χ1) is 8.16. The van der Waals surface area contributed by atoms with Crippen LogP contribution in [0.3, 0.4) is 0 Å². The van der Waals surface area contributed by atoms with Crippen molar-refractivity contribution < 1.29 is 14.3 Å². The number of aromatic carboxylic acids is 1. The quantitative estimate of drug-likeness (QED) is 0.908. The summed E-state index contributed by atoms with van der Waals surface area (Å²) in [4.78, 5) is 10.8. The van der Waals surface area contributed by atoms with E-state index in [0.717, 1.165) is 10.2 Å². The molecule has 0 fully saturated rings. The predicted molar refractivity (Wildman–Crippen MR) is 67.1 cm³/mol. The summed E-state index contributed by atoms with van der Waals surface area (Å²) in [7, 11) is 0. The lowest BCUT2D eigenvalue weighted by Crippen LogP contribution is -2.04. The SMILES string of the molecule is O=C(O)c1occc1CNc1ccc(Br)cc1. The third-order valence-corrected chi connectivity index (χ3v) is 2.80. The molecule has 0 aliphatic rings. The van der Waals surface area contributed by atoms with Gasteiger partial charge in [-0.1, -0.05) is 15.9 Å². The van der Waals surface area contributed by atoms with Crippen LogP contribution in [0.4, 0.5) is 5.69 Å². The number of carbonyl (C=O) groups is 1. The molecular weight excluding hydrogens is 286 g/mol. The van der Waals surface area contributed by atoms with Crippen molar-refractivity contribution in [3.05, 3.63) is 52.4 Å². The average molecular weight is 296 g/mol. The van der Waals surface area contributed by atoms with Gasteiger partial charge in [0.2, 0.25) is 5.76 Å². The molecule has 1 aromatic carbocycles. The van der Waals surface area contributed by atoms with Crippen LogP contribution in [-0.4, -0.2) is 11.1 Å². The van der Waals surface area contributed by atoms with Crippen molar-refractivity contribution in [1.29, 1.82) is 0 Å². The minimum Gasteiger partial charge on any atom is -0.475 e. The number of nitrogens with one attached hydrogen (secondary N) is 1. The van der Waals surface area contributed by atoms with E-state index in [-0.39, 0.29) is 5.76 Å². The van der Waals surface area contributed by atoms with E-state index < -0.39 is 5.97 Å². The molecule has 0 amide bonds. The number of carboxylic acid groups (broad SMARTS) is 1. The van der Waals surface area contributed by atoms with E-state index >= 15 is 0 Å². The maximum atomic E-state index is 10.8. The first-order valence-electron chi connectivity index (χ1n) is 4.96. The van der Waals surface area contributed by atoms with Gasteiger partial charge in [-0.3, -0.25) is 0 Å². The molecule has 0 saturated heterocycles. The Balaban J connectivity index is 2.05. The molecule has 2 aromatic rings. The lowest BCUT2D eigenvalue weighted by molar-refractivity contribution is 0.0661. The molecule has 2 rings (SSSR count). The van der Waals surface area contributed by atoms with E-state index in [1.807, 2.05) is 24.3 Å². The zero-order valence-electron chi connectivity index (χ0n) is 8.81. The minimum absolute atomic E-state index is 0.0189. The van der Waals surface area contributed by atoms with Crippen molar-refractivity contribution in [3.63, 3.8) is 0 Å². The fourth-order valence-corrected chi connectivity index (χ4v) is 1.69. The zero-order valence-corrected chi connectivity index (χ0v) is 10.4. The molecule has 4 nitrogen and oxygen atoms in total. The molecule has 0 atom stereocenters. The van der Waals surface area contributed by atoms with E-state index in [2.05, 4.69) is 21.2 Å². The van der Waals surface area contributed by atoms with Gasteiger partial charge in [-0.2, -0.15) is 0 Å². The highest BCUT2D eigenvalue weighted by molar-refractivity contribution is 9.10. The number of halogens is 1. The maximum Gasteiger partial charge on any atom is 0.372 e. The fourth-order valence-electron chi connectivity index (χ4n) is 1.43. The van der Waals surface area contributed by atoms with Crippen molar-refractivity contribution in [2.24, 2.45) is 0 Å². The van der Waals surface area contributed by atoms with E-state index in [0.29, 0.717) is 12.1 Å². The van der Waals surface area contributed by atoms with Gasteiger partial charge in [0.05, 0.1) is 6.26 Å². The first kappa shape index (κ1) is 11.7. The van der Waals surface area contributed by atoms with Crippen LogP contribution < -0.4 is 5.32 Å². The van der Waals surface area contributed by atoms with Crippen molar-refractivity contribution in [2.45, 2.75) is 6.54 Å². The van der Waals surface area contributed by atoms with Crippen LogP contribution in [0.5, 0.6) is 0 Å². The minimum atomic E-state index is -1.05. The Morgan fingerprint density at radius 1 is 1.29 bits per heavy atom. The van der Waals surface area contributed by atoms with Gasteiger partial charge in [0, 0.05) is 22.3 Å². The summed E-state index contributed by atoms with van der Waals surface area (Å²) >= 11 is 3.35. The molecule has 88 valence electrons. The third kappa shape index (κ3) is 2.88. The first-order valence-corrected chi connectivity index (χ1v) is 5.75. The van der Waals surface area contributed by atoms with Crippen LogP contribution in [0.2, 0.25) is 0 Å². The van der Waals surface area contributed by atoms with Gasteiger partial charge < -0.3 is 14.8 Å². The number of hydrogen-bond donors (Lipinski definition) is 2. The number of anilines is 1. The molecule has 1 aromatic heterocycles. The van der Waals surface area contributed by atoms with Crippen LogP contribution in [0, 0.1) is 0 Å². The van der Waals surface area contributed by atoms with Crippen LogP contribution in [0.15, 0.2) is 45.5 Å². The second kappa shape index (κ2) is 5.05. The molecule has 2 N–H and O–H groups in total. The van der Waals surface area contributed by atoms with E-state index in [4.69, 9.17) is 9.52 Å². The number of rotatable bonds is 4. The lowest BCUT2D eigenvalue weighted by Gasteiger charge is -2.05. The van der Waals surface area contributed by atoms with E-state index in [1.54, 1.807) is 6.07 Å². The van der Waals surface area contributed by atoms with Gasteiger partial charge >= 0.3 is 5.97 Å². The van der Waals surface area contributed by atoms with Crippen LogP contribution in [-0.2, 0) is 6.54 Å². The van der Waals surface area contributed by atoms with E-state index in [1.165, 1.54) is 6.26 Å². The van der Waals surface area contributed by atoms with Crippen LogP contribution in [0.1, 0.15) is 16.1 Å². The van der Waals surface area contributed by atoms with Gasteiger partial charge in [-0.15, -0.1) is 0 Å². The van der Waals surface area contributed by atoms with Crippen molar-refractivity contribution in [1.82, 2.24) is 0 Å². The topological polar surface area (TPSA) is 62.5 Å². The Hall–Kier alpha value is -1.75. The smallest absolute Gasteiger partial charge is 0.372 e. The normalized spacial score (nSPS) is 10.2. The highest BCUT2D eigenvalue weighted by atomic mass is 79.9. The standard InChI is InChI=1S/C12H10BrNO3/c13-9-1-3-10(4-2-9)14-7-8-5-6-17-11(8)12(15)16/h1-6,14H,7H2,(H,15,16). The van der Waals surface area contributed by atoms with Crippen molar-refractivity contribution in [2.75, 3.05) is 5.32 Å². The molecule has 1 heterocycles.